The first-order chi connectivity index (χ1) is 20.3. The number of rotatable bonds is 12. The fraction of sp³-hybridized carbons (Fsp3) is 0.250. The first kappa shape index (κ1) is 31.3. The highest BCUT2D eigenvalue weighted by atomic mass is 35.5. The normalized spacial score (nSPS) is 13.5. The van der Waals surface area contributed by atoms with Crippen LogP contribution in [0.4, 0.5) is 0 Å². The summed E-state index contributed by atoms with van der Waals surface area (Å²) in [6.45, 7) is 6.76. The molecule has 4 aromatic rings. The van der Waals surface area contributed by atoms with E-state index in [1.54, 1.807) is 7.11 Å². The van der Waals surface area contributed by atoms with Gasteiger partial charge in [-0.3, -0.25) is 4.79 Å². The van der Waals surface area contributed by atoms with Gasteiger partial charge >= 0.3 is 0 Å². The third-order valence-corrected chi connectivity index (χ3v) is 12.7. The standard InChI is InChI=1S/C36H40ClNO3Si/c1-36(2,3)42(31-17-10-6-11-18-31,32-19-12-7-13-20-32)41-34(21-14-26-37)33(27-28-22-24-30(40-4)25-23-28)38-35(39)29-15-8-5-9-16-29/h5-25,33-34H,26-27H2,1-4H3,(H,38,39)/b21-14+/t33-,34-/m1/s1. The van der Waals surface area contributed by atoms with Gasteiger partial charge in [0.2, 0.25) is 0 Å². The molecule has 6 heteroatoms. The SMILES string of the molecule is COc1ccc(C[C@@H](NC(=O)c2ccccc2)[C@@H](/C=C/CCl)O[Si](c2ccccc2)(c2ccccc2)C(C)(C)C)cc1. The number of ether oxygens (including phenoxy) is 1. The van der Waals surface area contributed by atoms with Crippen LogP contribution in [0.5, 0.6) is 5.75 Å². The molecule has 0 saturated heterocycles. The van der Waals surface area contributed by atoms with Crippen molar-refractivity contribution < 1.29 is 14.0 Å². The second kappa shape index (κ2) is 14.5. The summed E-state index contributed by atoms with van der Waals surface area (Å²) in [5.41, 5.74) is 1.66. The topological polar surface area (TPSA) is 47.6 Å². The molecule has 4 nitrogen and oxygen atoms in total. The second-order valence-corrected chi connectivity index (χ2v) is 15.9. The zero-order valence-electron chi connectivity index (χ0n) is 24.8. The van der Waals surface area contributed by atoms with Crippen LogP contribution in [0, 0.1) is 0 Å². The minimum absolute atomic E-state index is 0.149. The minimum Gasteiger partial charge on any atom is -0.497 e. The van der Waals surface area contributed by atoms with E-state index in [9.17, 15) is 4.79 Å². The van der Waals surface area contributed by atoms with Crippen molar-refractivity contribution in [3.8, 4) is 5.75 Å². The summed E-state index contributed by atoms with van der Waals surface area (Å²) in [6, 6.07) is 37.9. The lowest BCUT2D eigenvalue weighted by atomic mass is 10.00. The molecule has 218 valence electrons. The van der Waals surface area contributed by atoms with Crippen molar-refractivity contribution in [1.29, 1.82) is 0 Å². The molecule has 4 rings (SSSR count). The Morgan fingerprint density at radius 3 is 1.83 bits per heavy atom. The van der Waals surface area contributed by atoms with Gasteiger partial charge in [-0.2, -0.15) is 0 Å². The number of hydrogen-bond donors (Lipinski definition) is 1. The number of carbonyl (C=O) groups is 1. The van der Waals surface area contributed by atoms with E-state index in [1.807, 2.05) is 78.9 Å². The molecule has 0 aliphatic heterocycles. The van der Waals surface area contributed by atoms with Gasteiger partial charge in [0.25, 0.3) is 14.2 Å². The van der Waals surface area contributed by atoms with E-state index in [1.165, 1.54) is 10.4 Å². The zero-order chi connectivity index (χ0) is 30.0. The van der Waals surface area contributed by atoms with E-state index in [4.69, 9.17) is 20.8 Å². The number of nitrogens with one attached hydrogen (secondary N) is 1. The number of halogens is 1. The minimum atomic E-state index is -2.95. The summed E-state index contributed by atoms with van der Waals surface area (Å²) in [4.78, 5) is 13.6. The van der Waals surface area contributed by atoms with E-state index in [0.717, 1.165) is 11.3 Å². The summed E-state index contributed by atoms with van der Waals surface area (Å²) >= 11 is 6.21. The van der Waals surface area contributed by atoms with Gasteiger partial charge in [0, 0.05) is 11.4 Å². The molecule has 2 atom stereocenters. The molecule has 0 spiro atoms. The number of carbonyl (C=O) groups excluding carboxylic acids is 1. The Morgan fingerprint density at radius 2 is 1.36 bits per heavy atom. The summed E-state index contributed by atoms with van der Waals surface area (Å²) in [7, 11) is -1.30. The maximum Gasteiger partial charge on any atom is 0.261 e. The predicted octanol–water partition coefficient (Wildman–Crippen LogP) is 6.78. The van der Waals surface area contributed by atoms with Crippen molar-refractivity contribution >= 4 is 36.2 Å². The molecule has 0 aromatic heterocycles. The Labute approximate surface area is 256 Å². The van der Waals surface area contributed by atoms with Crippen molar-refractivity contribution in [2.24, 2.45) is 0 Å². The monoisotopic (exact) mass is 597 g/mol. The molecule has 0 unspecified atom stereocenters. The van der Waals surface area contributed by atoms with Crippen LogP contribution in [0.1, 0.15) is 36.7 Å². The molecule has 4 aromatic carbocycles. The van der Waals surface area contributed by atoms with Crippen LogP contribution in [0.3, 0.4) is 0 Å². The van der Waals surface area contributed by atoms with Crippen molar-refractivity contribution in [3.05, 3.63) is 139 Å². The molecule has 1 amide bonds. The van der Waals surface area contributed by atoms with E-state index in [-0.39, 0.29) is 17.0 Å². The number of hydrogen-bond acceptors (Lipinski definition) is 3. The third kappa shape index (κ3) is 7.40. The first-order valence-corrected chi connectivity index (χ1v) is 16.7. The third-order valence-electron chi connectivity index (χ3n) is 7.51. The smallest absolute Gasteiger partial charge is 0.261 e. The molecule has 0 bridgehead atoms. The number of alkyl halides is 1. The molecule has 0 fully saturated rings. The average Bonchev–Trinajstić information content (AvgIpc) is 3.02. The molecular formula is C36H40ClNO3Si. The Balaban J connectivity index is 1.85. The lowest BCUT2D eigenvalue weighted by Crippen LogP contribution is -2.69. The van der Waals surface area contributed by atoms with Crippen molar-refractivity contribution in [1.82, 2.24) is 5.32 Å². The highest BCUT2D eigenvalue weighted by Crippen LogP contribution is 2.38. The second-order valence-electron chi connectivity index (χ2n) is 11.3. The highest BCUT2D eigenvalue weighted by molar-refractivity contribution is 6.99. The maximum absolute atomic E-state index is 13.6. The van der Waals surface area contributed by atoms with Gasteiger partial charge in [-0.25, -0.2) is 0 Å². The van der Waals surface area contributed by atoms with Crippen LogP contribution in [0.25, 0.3) is 0 Å². The largest absolute Gasteiger partial charge is 0.497 e. The fourth-order valence-electron chi connectivity index (χ4n) is 5.44. The van der Waals surface area contributed by atoms with Crippen LogP contribution in [-0.2, 0) is 10.8 Å². The zero-order valence-corrected chi connectivity index (χ0v) is 26.6. The molecule has 0 heterocycles. The molecule has 0 aliphatic carbocycles. The molecule has 0 saturated carbocycles. The van der Waals surface area contributed by atoms with Crippen LogP contribution in [0.15, 0.2) is 127 Å². The maximum atomic E-state index is 13.6. The molecule has 1 N–H and O–H groups in total. The van der Waals surface area contributed by atoms with Gasteiger partial charge in [0.1, 0.15) is 5.75 Å². The van der Waals surface area contributed by atoms with Crippen molar-refractivity contribution in [2.75, 3.05) is 13.0 Å². The van der Waals surface area contributed by atoms with Gasteiger partial charge in [0.15, 0.2) is 0 Å². The number of allylic oxidation sites excluding steroid dienone is 1. The van der Waals surface area contributed by atoms with E-state index < -0.39 is 14.4 Å². The lowest BCUT2D eigenvalue weighted by Gasteiger charge is -2.46. The Hall–Kier alpha value is -3.64. The van der Waals surface area contributed by atoms with Crippen molar-refractivity contribution in [3.63, 3.8) is 0 Å². The molecule has 0 radical (unpaired) electrons. The Kier molecular flexibility index (Phi) is 10.8. The lowest BCUT2D eigenvalue weighted by molar-refractivity contribution is 0.0893. The quantitative estimate of drug-likeness (QED) is 0.111. The number of amides is 1. The van der Waals surface area contributed by atoms with E-state index in [0.29, 0.717) is 17.9 Å². The van der Waals surface area contributed by atoms with Crippen molar-refractivity contribution in [2.45, 2.75) is 44.4 Å². The van der Waals surface area contributed by atoms with Crippen LogP contribution >= 0.6 is 11.6 Å². The Bertz CT molecular complexity index is 1380. The fourth-order valence-corrected chi connectivity index (χ4v) is 10.2. The van der Waals surface area contributed by atoms with Gasteiger partial charge < -0.3 is 14.5 Å². The van der Waals surface area contributed by atoms with Crippen LogP contribution < -0.4 is 20.4 Å². The van der Waals surface area contributed by atoms with Gasteiger partial charge in [-0.15, -0.1) is 11.6 Å². The predicted molar refractivity (Wildman–Crippen MR) is 177 cm³/mol. The van der Waals surface area contributed by atoms with Gasteiger partial charge in [-0.1, -0.05) is 124 Å². The summed E-state index contributed by atoms with van der Waals surface area (Å²) < 4.78 is 12.9. The summed E-state index contributed by atoms with van der Waals surface area (Å²) in [5.74, 6) is 0.970. The molecule has 42 heavy (non-hydrogen) atoms. The van der Waals surface area contributed by atoms with Gasteiger partial charge in [0.05, 0.1) is 19.3 Å². The first-order valence-electron chi connectivity index (χ1n) is 14.3. The molecule has 0 aliphatic rings. The average molecular weight is 598 g/mol. The van der Waals surface area contributed by atoms with E-state index >= 15 is 0 Å². The van der Waals surface area contributed by atoms with E-state index in [2.05, 4.69) is 74.6 Å². The summed E-state index contributed by atoms with van der Waals surface area (Å²) in [6.07, 6.45) is 4.02. The Morgan fingerprint density at radius 1 is 0.833 bits per heavy atom. The number of benzene rings is 4. The highest BCUT2D eigenvalue weighted by Gasteiger charge is 2.52. The molecular weight excluding hydrogens is 558 g/mol. The van der Waals surface area contributed by atoms with Gasteiger partial charge in [-0.05, 0) is 51.7 Å². The number of methoxy groups -OCH3 is 1. The van der Waals surface area contributed by atoms with Crippen LogP contribution in [-0.4, -0.2) is 39.4 Å². The van der Waals surface area contributed by atoms with Crippen LogP contribution in [0.2, 0.25) is 5.04 Å². The summed E-state index contributed by atoms with van der Waals surface area (Å²) in [5, 5.41) is 5.43.